The Labute approximate surface area is 179 Å². The normalized spacial score (nSPS) is 13.1. The van der Waals surface area contributed by atoms with Crippen molar-refractivity contribution >= 4 is 29.4 Å². The number of aliphatic carboxylic acids is 1. The summed E-state index contributed by atoms with van der Waals surface area (Å²) >= 11 is 1.48. The molecule has 30 heavy (non-hydrogen) atoms. The molecule has 0 radical (unpaired) electrons. The van der Waals surface area contributed by atoms with E-state index in [1.165, 1.54) is 11.3 Å². The summed E-state index contributed by atoms with van der Waals surface area (Å²) in [5.41, 5.74) is 9.52. The van der Waals surface area contributed by atoms with Crippen LogP contribution < -0.4 is 10.5 Å². The number of hydrogen-bond acceptors (Lipinski definition) is 7. The van der Waals surface area contributed by atoms with Crippen LogP contribution in [0.5, 0.6) is 5.75 Å². The van der Waals surface area contributed by atoms with Gasteiger partial charge in [0.05, 0.1) is 18.3 Å². The number of carboxylic acids is 1. The minimum atomic E-state index is -1.02. The quantitative estimate of drug-likeness (QED) is 0.335. The van der Waals surface area contributed by atoms with Crippen LogP contribution in [0.3, 0.4) is 0 Å². The van der Waals surface area contributed by atoms with E-state index >= 15 is 0 Å². The lowest BCUT2D eigenvalue weighted by Crippen LogP contribution is -2.13. The Hall–Kier alpha value is -2.97. The average Bonchev–Trinajstić information content (AvgIpc) is 3.16. The monoisotopic (exact) mass is 430 g/mol. The van der Waals surface area contributed by atoms with Crippen molar-refractivity contribution in [2.75, 3.05) is 13.2 Å². The lowest BCUT2D eigenvalue weighted by atomic mass is 10.1. The van der Waals surface area contributed by atoms with E-state index in [-0.39, 0.29) is 18.6 Å². The number of thiazole rings is 1. The standard InChI is InChI=1S/C22H26N2O5S/c1-4-28-22(27)15(3)9-14(2)10-17-13-30-21(24-17)19(23)11-16-5-7-18(8-6-16)29-12-20(25)26/h5-10,13,19H,4,11-12,23H2,1-3H3,(H,25,26)/b14-10+,15-9-. The van der Waals surface area contributed by atoms with Crippen LogP contribution in [0.1, 0.15) is 43.1 Å². The average molecular weight is 431 g/mol. The molecule has 0 fully saturated rings. The molecule has 0 aliphatic heterocycles. The van der Waals surface area contributed by atoms with Crippen LogP contribution in [0, 0.1) is 0 Å². The molecule has 0 bridgehead atoms. The molecule has 2 aromatic rings. The van der Waals surface area contributed by atoms with Gasteiger partial charge >= 0.3 is 11.9 Å². The minimum absolute atomic E-state index is 0.264. The van der Waals surface area contributed by atoms with E-state index in [4.69, 9.17) is 20.3 Å². The van der Waals surface area contributed by atoms with E-state index in [0.717, 1.165) is 21.8 Å². The topological polar surface area (TPSA) is 112 Å². The van der Waals surface area contributed by atoms with Crippen molar-refractivity contribution in [3.63, 3.8) is 0 Å². The van der Waals surface area contributed by atoms with Crippen LogP contribution in [-0.2, 0) is 20.7 Å². The third kappa shape index (κ3) is 7.46. The number of rotatable bonds is 10. The van der Waals surface area contributed by atoms with Crippen LogP contribution in [-0.4, -0.2) is 35.2 Å². The predicted molar refractivity (Wildman–Crippen MR) is 116 cm³/mol. The molecule has 2 rings (SSSR count). The molecule has 1 aromatic heterocycles. The smallest absolute Gasteiger partial charge is 0.341 e. The van der Waals surface area contributed by atoms with Gasteiger partial charge in [0, 0.05) is 11.0 Å². The van der Waals surface area contributed by atoms with Crippen molar-refractivity contribution in [1.82, 2.24) is 4.98 Å². The first kappa shape index (κ1) is 23.3. The van der Waals surface area contributed by atoms with Gasteiger partial charge in [-0.25, -0.2) is 14.6 Å². The summed E-state index contributed by atoms with van der Waals surface area (Å²) in [6, 6.07) is 6.91. The Morgan fingerprint density at radius 3 is 2.60 bits per heavy atom. The first-order chi connectivity index (χ1) is 14.3. The Morgan fingerprint density at radius 2 is 1.97 bits per heavy atom. The second kappa shape index (κ2) is 11.3. The maximum absolute atomic E-state index is 11.7. The summed E-state index contributed by atoms with van der Waals surface area (Å²) in [5.74, 6) is -0.847. The summed E-state index contributed by atoms with van der Waals surface area (Å²) < 4.78 is 10.1. The fourth-order valence-corrected chi connectivity index (χ4v) is 3.44. The highest BCUT2D eigenvalue weighted by Crippen LogP contribution is 2.23. The minimum Gasteiger partial charge on any atom is -0.482 e. The zero-order valence-electron chi connectivity index (χ0n) is 17.3. The van der Waals surface area contributed by atoms with Gasteiger partial charge in [-0.15, -0.1) is 11.3 Å². The maximum Gasteiger partial charge on any atom is 0.341 e. The van der Waals surface area contributed by atoms with Crippen molar-refractivity contribution in [3.8, 4) is 5.75 Å². The summed E-state index contributed by atoms with van der Waals surface area (Å²) in [6.07, 6.45) is 4.26. The highest BCUT2D eigenvalue weighted by Gasteiger charge is 2.12. The van der Waals surface area contributed by atoms with Crippen LogP contribution in [0.25, 0.3) is 6.08 Å². The Kier molecular flexibility index (Phi) is 8.76. The largest absolute Gasteiger partial charge is 0.482 e. The number of aromatic nitrogens is 1. The highest BCUT2D eigenvalue weighted by molar-refractivity contribution is 7.09. The molecule has 0 saturated heterocycles. The zero-order valence-corrected chi connectivity index (χ0v) is 18.1. The van der Waals surface area contributed by atoms with Crippen LogP contribution in [0.4, 0.5) is 0 Å². The first-order valence-corrected chi connectivity index (χ1v) is 10.3. The number of carbonyl (C=O) groups excluding carboxylic acids is 1. The van der Waals surface area contributed by atoms with Crippen molar-refractivity contribution in [2.45, 2.75) is 33.2 Å². The molecule has 0 saturated carbocycles. The number of carboxylic acid groups (broad SMARTS) is 1. The van der Waals surface area contributed by atoms with E-state index in [2.05, 4.69) is 4.98 Å². The van der Waals surface area contributed by atoms with Crippen molar-refractivity contribution in [2.24, 2.45) is 5.73 Å². The van der Waals surface area contributed by atoms with E-state index in [0.29, 0.717) is 24.4 Å². The highest BCUT2D eigenvalue weighted by atomic mass is 32.1. The number of benzene rings is 1. The third-order valence-corrected chi connectivity index (χ3v) is 5.01. The number of carbonyl (C=O) groups is 2. The molecule has 7 nitrogen and oxygen atoms in total. The molecule has 3 N–H and O–H groups in total. The van der Waals surface area contributed by atoms with Gasteiger partial charge in [0.2, 0.25) is 0 Å². The molecule has 160 valence electrons. The van der Waals surface area contributed by atoms with Crippen LogP contribution >= 0.6 is 11.3 Å². The van der Waals surface area contributed by atoms with E-state index in [1.54, 1.807) is 32.1 Å². The van der Waals surface area contributed by atoms with Gasteiger partial charge in [-0.1, -0.05) is 12.1 Å². The van der Waals surface area contributed by atoms with E-state index in [9.17, 15) is 9.59 Å². The fraction of sp³-hybridized carbons (Fsp3) is 0.318. The molecule has 1 heterocycles. The zero-order chi connectivity index (χ0) is 22.1. The summed E-state index contributed by atoms with van der Waals surface area (Å²) in [4.78, 5) is 26.8. The maximum atomic E-state index is 11.7. The molecule has 1 aromatic carbocycles. The van der Waals surface area contributed by atoms with Gasteiger partial charge in [0.1, 0.15) is 10.8 Å². The Bertz CT molecular complexity index is 931. The van der Waals surface area contributed by atoms with Crippen molar-refractivity contribution in [1.29, 1.82) is 0 Å². The molecule has 1 atom stereocenters. The molecule has 8 heteroatoms. The number of allylic oxidation sites excluding steroid dienone is 2. The number of hydrogen-bond donors (Lipinski definition) is 2. The summed E-state index contributed by atoms with van der Waals surface area (Å²) in [5, 5.41) is 11.4. The SMILES string of the molecule is CCOC(=O)/C(C)=C\C(C)=C\c1csc(C(N)Cc2ccc(OCC(=O)O)cc2)n1. The molecule has 0 amide bonds. The van der Waals surface area contributed by atoms with Gasteiger partial charge in [-0.3, -0.25) is 0 Å². The van der Waals surface area contributed by atoms with Gasteiger partial charge in [-0.05, 0) is 62.6 Å². The van der Waals surface area contributed by atoms with Crippen molar-refractivity contribution in [3.05, 3.63) is 63.1 Å². The Balaban J connectivity index is 1.99. The second-order valence-corrected chi connectivity index (χ2v) is 7.57. The second-order valence-electron chi connectivity index (χ2n) is 6.68. The molecule has 0 aliphatic rings. The summed E-state index contributed by atoms with van der Waals surface area (Å²) in [7, 11) is 0. The molecule has 0 spiro atoms. The lowest BCUT2D eigenvalue weighted by Gasteiger charge is -2.09. The fourth-order valence-electron chi connectivity index (χ4n) is 2.67. The van der Waals surface area contributed by atoms with Gasteiger partial charge in [-0.2, -0.15) is 0 Å². The summed E-state index contributed by atoms with van der Waals surface area (Å²) in [6.45, 7) is 5.36. The van der Waals surface area contributed by atoms with Crippen LogP contribution in [0.2, 0.25) is 0 Å². The van der Waals surface area contributed by atoms with Gasteiger partial charge in [0.15, 0.2) is 6.61 Å². The number of nitrogens with two attached hydrogens (primary N) is 1. The molecular weight excluding hydrogens is 404 g/mol. The lowest BCUT2D eigenvalue weighted by molar-refractivity contribution is -0.139. The molecule has 1 unspecified atom stereocenters. The predicted octanol–water partition coefficient (Wildman–Crippen LogP) is 3.76. The van der Waals surface area contributed by atoms with Gasteiger partial charge < -0.3 is 20.3 Å². The number of esters is 1. The first-order valence-electron chi connectivity index (χ1n) is 9.46. The van der Waals surface area contributed by atoms with Gasteiger partial charge in [0.25, 0.3) is 0 Å². The Morgan fingerprint density at radius 1 is 1.27 bits per heavy atom. The van der Waals surface area contributed by atoms with E-state index in [1.807, 2.05) is 30.5 Å². The molecule has 0 aliphatic carbocycles. The third-order valence-electron chi connectivity index (χ3n) is 4.02. The molecular formula is C22H26N2O5S. The van der Waals surface area contributed by atoms with Crippen LogP contribution in [0.15, 0.2) is 46.9 Å². The van der Waals surface area contributed by atoms with E-state index < -0.39 is 5.97 Å². The van der Waals surface area contributed by atoms with Crippen molar-refractivity contribution < 1.29 is 24.2 Å². The number of ether oxygens (including phenoxy) is 2. The number of nitrogens with zero attached hydrogens (tertiary/aromatic N) is 1.